The van der Waals surface area contributed by atoms with E-state index in [0.29, 0.717) is 5.57 Å². The van der Waals surface area contributed by atoms with E-state index in [1.165, 1.54) is 19.2 Å². The average molecular weight is 414 g/mol. The Bertz CT molecular complexity index is 752. The second-order valence-corrected chi connectivity index (χ2v) is 8.08. The molecule has 0 aliphatic carbocycles. The molecule has 7 nitrogen and oxygen atoms in total. The lowest BCUT2D eigenvalue weighted by atomic mass is 10.1. The summed E-state index contributed by atoms with van der Waals surface area (Å²) in [4.78, 5) is 24.6. The van der Waals surface area contributed by atoms with Gasteiger partial charge in [0.15, 0.2) is 5.60 Å². The second kappa shape index (κ2) is 9.30. The first-order valence-electron chi connectivity index (χ1n) is 8.69. The third-order valence-electron chi connectivity index (χ3n) is 3.42. The molecule has 0 aromatic heterocycles. The van der Waals surface area contributed by atoms with E-state index < -0.39 is 23.1 Å². The normalized spacial score (nSPS) is 11.6. The van der Waals surface area contributed by atoms with Crippen LogP contribution in [0.3, 0.4) is 0 Å². The van der Waals surface area contributed by atoms with Gasteiger partial charge in [-0.1, -0.05) is 18.2 Å². The smallest absolute Gasteiger partial charge is 0.350 e. The highest BCUT2D eigenvalue weighted by Crippen LogP contribution is 2.35. The molecule has 28 heavy (non-hydrogen) atoms. The van der Waals surface area contributed by atoms with Crippen LogP contribution in [0.15, 0.2) is 24.3 Å². The molecule has 2 N–H and O–H groups in total. The number of hydrogen-bond donors (Lipinski definition) is 2. The summed E-state index contributed by atoms with van der Waals surface area (Å²) in [7, 11) is 1.47. The molecule has 0 heterocycles. The van der Waals surface area contributed by atoms with E-state index in [1.807, 2.05) is 0 Å². The number of esters is 1. The molecule has 1 amide bonds. The van der Waals surface area contributed by atoms with Crippen LogP contribution in [0.4, 0.5) is 0 Å². The average Bonchev–Trinajstić information content (AvgIpc) is 2.59. The molecule has 0 saturated heterocycles. The Morgan fingerprint density at radius 1 is 1.18 bits per heavy atom. The third kappa shape index (κ3) is 6.73. The van der Waals surface area contributed by atoms with Crippen molar-refractivity contribution in [3.63, 3.8) is 0 Å². The number of carbonyl (C=O) groups excluding carboxylic acids is 2. The zero-order chi connectivity index (χ0) is 21.7. The van der Waals surface area contributed by atoms with Crippen molar-refractivity contribution >= 4 is 23.5 Å². The number of aliphatic hydroxyl groups excluding tert-OH is 1. The maximum absolute atomic E-state index is 12.4. The maximum Gasteiger partial charge on any atom is 0.350 e. The van der Waals surface area contributed by atoms with E-state index >= 15 is 0 Å². The molecule has 0 radical (unpaired) electrons. The molecule has 0 aliphatic heterocycles. The van der Waals surface area contributed by atoms with Gasteiger partial charge in [-0.25, -0.2) is 4.79 Å². The summed E-state index contributed by atoms with van der Waals surface area (Å²) in [6.45, 7) is 11.8. The summed E-state index contributed by atoms with van der Waals surface area (Å²) in [6, 6.07) is 2.81. The molecule has 0 spiro atoms. The molecule has 1 aromatic rings. The summed E-state index contributed by atoms with van der Waals surface area (Å²) in [5, 5.41) is 11.7. The number of hydrogen-bond acceptors (Lipinski definition) is 6. The summed E-state index contributed by atoms with van der Waals surface area (Å²) in [5.41, 5.74) is -1.41. The van der Waals surface area contributed by atoms with Crippen LogP contribution in [-0.2, 0) is 9.53 Å². The molecule has 0 atom stereocenters. The lowest BCUT2D eigenvalue weighted by Crippen LogP contribution is -2.43. The van der Waals surface area contributed by atoms with Gasteiger partial charge in [-0.15, -0.1) is 0 Å². The van der Waals surface area contributed by atoms with E-state index in [1.54, 1.807) is 34.6 Å². The van der Waals surface area contributed by atoms with Crippen molar-refractivity contribution in [2.75, 3.05) is 20.3 Å². The minimum Gasteiger partial charge on any atom is -0.488 e. The molecule has 8 heteroatoms. The number of rotatable bonds is 8. The molecular weight excluding hydrogens is 386 g/mol. The minimum absolute atomic E-state index is 0.00295. The van der Waals surface area contributed by atoms with E-state index in [9.17, 15) is 9.59 Å². The summed E-state index contributed by atoms with van der Waals surface area (Å²) in [5.74, 6) is -0.657. The zero-order valence-electron chi connectivity index (χ0n) is 17.1. The van der Waals surface area contributed by atoms with Crippen LogP contribution < -0.4 is 14.8 Å². The van der Waals surface area contributed by atoms with Crippen LogP contribution >= 0.6 is 11.6 Å². The van der Waals surface area contributed by atoms with Crippen LogP contribution in [0.1, 0.15) is 45.0 Å². The minimum atomic E-state index is -1.34. The van der Waals surface area contributed by atoms with Gasteiger partial charge in [0, 0.05) is 13.1 Å². The van der Waals surface area contributed by atoms with Crippen LogP contribution in [0, 0.1) is 0 Å². The Kier molecular flexibility index (Phi) is 7.90. The van der Waals surface area contributed by atoms with Gasteiger partial charge < -0.3 is 24.6 Å². The molecule has 156 valence electrons. The summed E-state index contributed by atoms with van der Waals surface area (Å²) < 4.78 is 16.8. The predicted octanol–water partition coefficient (Wildman–Crippen LogP) is 3.13. The van der Waals surface area contributed by atoms with Gasteiger partial charge >= 0.3 is 5.97 Å². The number of amides is 1. The molecule has 0 bridgehead atoms. The Morgan fingerprint density at radius 2 is 1.79 bits per heavy atom. The fourth-order valence-electron chi connectivity index (χ4n) is 1.99. The highest BCUT2D eigenvalue weighted by molar-refractivity contribution is 6.32. The van der Waals surface area contributed by atoms with Gasteiger partial charge in [0.05, 0.1) is 17.2 Å². The van der Waals surface area contributed by atoms with E-state index in [-0.39, 0.29) is 35.3 Å². The quantitative estimate of drug-likeness (QED) is 0.502. The van der Waals surface area contributed by atoms with Crippen molar-refractivity contribution in [1.82, 2.24) is 5.32 Å². The number of aliphatic hydroxyl groups is 1. The Morgan fingerprint density at radius 3 is 2.29 bits per heavy atom. The van der Waals surface area contributed by atoms with E-state index in [4.69, 9.17) is 30.9 Å². The van der Waals surface area contributed by atoms with Crippen LogP contribution in [0.25, 0.3) is 0 Å². The first-order valence-corrected chi connectivity index (χ1v) is 9.07. The Balaban J connectivity index is 3.23. The van der Waals surface area contributed by atoms with Gasteiger partial charge in [-0.2, -0.15) is 0 Å². The number of nitrogens with one attached hydrogen (secondary N) is 1. The number of benzene rings is 1. The monoisotopic (exact) mass is 413 g/mol. The molecule has 0 saturated carbocycles. The van der Waals surface area contributed by atoms with Gasteiger partial charge in [-0.3, -0.25) is 4.79 Å². The van der Waals surface area contributed by atoms with Crippen molar-refractivity contribution < 1.29 is 28.9 Å². The fourth-order valence-corrected chi connectivity index (χ4v) is 2.19. The van der Waals surface area contributed by atoms with Crippen molar-refractivity contribution in [1.29, 1.82) is 0 Å². The van der Waals surface area contributed by atoms with Crippen molar-refractivity contribution in [2.45, 2.75) is 45.8 Å². The van der Waals surface area contributed by atoms with Crippen molar-refractivity contribution in [3.8, 4) is 11.5 Å². The highest BCUT2D eigenvalue weighted by atomic mass is 35.5. The maximum atomic E-state index is 12.4. The van der Waals surface area contributed by atoms with Crippen molar-refractivity contribution in [3.05, 3.63) is 34.9 Å². The predicted molar refractivity (Wildman–Crippen MR) is 107 cm³/mol. The number of carbonyl (C=O) groups is 2. The zero-order valence-corrected chi connectivity index (χ0v) is 17.9. The number of halogens is 1. The highest BCUT2D eigenvalue weighted by Gasteiger charge is 2.35. The Labute approximate surface area is 170 Å². The lowest BCUT2D eigenvalue weighted by Gasteiger charge is -2.29. The van der Waals surface area contributed by atoms with Crippen molar-refractivity contribution in [2.24, 2.45) is 0 Å². The van der Waals surface area contributed by atoms with Gasteiger partial charge in [0.2, 0.25) is 0 Å². The van der Waals surface area contributed by atoms with E-state index in [0.717, 1.165) is 0 Å². The first kappa shape index (κ1) is 23.8. The van der Waals surface area contributed by atoms with Crippen LogP contribution in [0.5, 0.6) is 11.5 Å². The summed E-state index contributed by atoms with van der Waals surface area (Å²) in [6.07, 6.45) is 0. The third-order valence-corrected chi connectivity index (χ3v) is 3.71. The second-order valence-electron chi connectivity index (χ2n) is 7.67. The number of ether oxygens (including phenoxy) is 3. The van der Waals surface area contributed by atoms with Gasteiger partial charge in [0.25, 0.3) is 5.91 Å². The molecule has 0 fully saturated rings. The Hall–Kier alpha value is -2.25. The lowest BCUT2D eigenvalue weighted by molar-refractivity contribution is -0.170. The summed E-state index contributed by atoms with van der Waals surface area (Å²) >= 11 is 6.27. The molecular formula is C20H28ClNO6. The molecule has 0 aliphatic rings. The SMILES string of the molecule is C=C(CO)COc1cc(OC(C)(C)C(=O)OC(C)(C)C)c(Cl)cc1C(=O)NC. The standard InChI is InChI=1S/C20H28ClNO6/c1-12(10-23)11-26-15-9-16(14(21)8-13(15)17(24)22-7)27-20(5,6)18(25)28-19(2,3)4/h8-9,23H,1,10-11H2,2-7H3,(H,22,24). The molecule has 1 aromatic carbocycles. The van der Waals surface area contributed by atoms with Crippen LogP contribution in [0.2, 0.25) is 5.02 Å². The van der Waals surface area contributed by atoms with E-state index in [2.05, 4.69) is 11.9 Å². The topological polar surface area (TPSA) is 94.1 Å². The van der Waals surface area contributed by atoms with Gasteiger partial charge in [-0.05, 0) is 46.3 Å². The first-order chi connectivity index (χ1) is 12.8. The molecule has 0 unspecified atom stereocenters. The molecule has 1 rings (SSSR count). The fraction of sp³-hybridized carbons (Fsp3) is 0.500. The largest absolute Gasteiger partial charge is 0.488 e. The van der Waals surface area contributed by atoms with Gasteiger partial charge in [0.1, 0.15) is 23.7 Å². The van der Waals surface area contributed by atoms with Crippen LogP contribution in [-0.4, -0.2) is 48.4 Å².